The van der Waals surface area contributed by atoms with Crippen LogP contribution in [0.3, 0.4) is 0 Å². The van der Waals surface area contributed by atoms with E-state index in [1.54, 1.807) is 6.92 Å². The summed E-state index contributed by atoms with van der Waals surface area (Å²) in [6.45, 7) is 3.51. The van der Waals surface area contributed by atoms with Crippen LogP contribution in [0.15, 0.2) is 58.3 Å². The number of aromatic amines is 1. The maximum absolute atomic E-state index is 13.1. The predicted octanol–water partition coefficient (Wildman–Crippen LogP) is 5.07. The minimum absolute atomic E-state index is 0.110. The van der Waals surface area contributed by atoms with Crippen molar-refractivity contribution in [3.05, 3.63) is 80.3 Å². The molecule has 0 fully saturated rings. The SMILES string of the molecule is CCCc1[nH]n(-c2ccc([N+](=O)[O-])cc2)c(=O)c1C(C)=Nc1cccc(OC(F)(F)F)c1. The molecule has 0 saturated heterocycles. The molecule has 3 aromatic rings. The molecule has 0 amide bonds. The lowest BCUT2D eigenvalue weighted by Gasteiger charge is -2.09. The minimum Gasteiger partial charge on any atom is -0.406 e. The van der Waals surface area contributed by atoms with Crippen LogP contribution < -0.4 is 10.3 Å². The van der Waals surface area contributed by atoms with Gasteiger partial charge < -0.3 is 4.74 Å². The fraction of sp³-hybridized carbons (Fsp3) is 0.238. The summed E-state index contributed by atoms with van der Waals surface area (Å²) < 4.78 is 42.6. The number of nitro groups is 1. The second-order valence-electron chi connectivity index (χ2n) is 6.87. The summed E-state index contributed by atoms with van der Waals surface area (Å²) in [7, 11) is 0. The van der Waals surface area contributed by atoms with E-state index in [1.165, 1.54) is 41.1 Å². The van der Waals surface area contributed by atoms with Crippen LogP contribution in [-0.4, -0.2) is 26.8 Å². The normalized spacial score (nSPS) is 12.1. The Morgan fingerprint density at radius 2 is 1.91 bits per heavy atom. The highest BCUT2D eigenvalue weighted by Gasteiger charge is 2.31. The number of aromatic nitrogens is 2. The van der Waals surface area contributed by atoms with Crippen LogP contribution in [0.25, 0.3) is 5.69 Å². The van der Waals surface area contributed by atoms with Crippen molar-refractivity contribution in [1.82, 2.24) is 9.78 Å². The van der Waals surface area contributed by atoms with Crippen molar-refractivity contribution >= 4 is 17.1 Å². The second-order valence-corrected chi connectivity index (χ2v) is 6.87. The Balaban J connectivity index is 2.02. The molecule has 0 aliphatic rings. The Bertz CT molecular complexity index is 1210. The number of ether oxygens (including phenoxy) is 1. The smallest absolute Gasteiger partial charge is 0.406 e. The Kier molecular flexibility index (Phi) is 6.47. The van der Waals surface area contributed by atoms with Gasteiger partial charge in [-0.25, -0.2) is 4.68 Å². The third-order valence-corrected chi connectivity index (χ3v) is 4.49. The number of hydrogen-bond acceptors (Lipinski definition) is 5. The molecule has 0 radical (unpaired) electrons. The highest BCUT2D eigenvalue weighted by Crippen LogP contribution is 2.27. The van der Waals surface area contributed by atoms with Gasteiger partial charge in [0.15, 0.2) is 0 Å². The predicted molar refractivity (Wildman–Crippen MR) is 112 cm³/mol. The third kappa shape index (κ3) is 5.23. The molecule has 1 aromatic heterocycles. The van der Waals surface area contributed by atoms with Crippen molar-refractivity contribution in [2.45, 2.75) is 33.1 Å². The number of hydrogen-bond donors (Lipinski definition) is 1. The van der Waals surface area contributed by atoms with E-state index >= 15 is 0 Å². The van der Waals surface area contributed by atoms with Crippen LogP contribution in [-0.2, 0) is 6.42 Å². The molecule has 11 heteroatoms. The minimum atomic E-state index is -4.83. The zero-order valence-electron chi connectivity index (χ0n) is 17.1. The number of non-ortho nitro benzene ring substituents is 1. The number of aliphatic imine (C=N–C) groups is 1. The van der Waals surface area contributed by atoms with Gasteiger partial charge in [-0.1, -0.05) is 19.4 Å². The van der Waals surface area contributed by atoms with Crippen LogP contribution in [0, 0.1) is 10.1 Å². The monoisotopic (exact) mass is 448 g/mol. The molecule has 1 N–H and O–H groups in total. The van der Waals surface area contributed by atoms with E-state index in [2.05, 4.69) is 14.8 Å². The quantitative estimate of drug-likeness (QED) is 0.310. The molecule has 0 saturated carbocycles. The summed E-state index contributed by atoms with van der Waals surface area (Å²) in [5.41, 5.74) is 1.24. The summed E-state index contributed by atoms with van der Waals surface area (Å²) in [5, 5.41) is 13.9. The molecule has 0 aliphatic heterocycles. The van der Waals surface area contributed by atoms with Gasteiger partial charge in [-0.15, -0.1) is 13.2 Å². The highest BCUT2D eigenvalue weighted by molar-refractivity contribution is 6.01. The lowest BCUT2D eigenvalue weighted by atomic mass is 10.1. The number of rotatable bonds is 7. The molecule has 0 bridgehead atoms. The molecule has 32 heavy (non-hydrogen) atoms. The molecule has 8 nitrogen and oxygen atoms in total. The first-order chi connectivity index (χ1) is 15.1. The molecular weight excluding hydrogens is 429 g/mol. The van der Waals surface area contributed by atoms with E-state index in [0.717, 1.165) is 18.6 Å². The molecule has 0 spiro atoms. The van der Waals surface area contributed by atoms with Crippen LogP contribution in [0.2, 0.25) is 0 Å². The van der Waals surface area contributed by atoms with Crippen molar-refractivity contribution in [3.63, 3.8) is 0 Å². The Morgan fingerprint density at radius 1 is 1.22 bits per heavy atom. The fourth-order valence-corrected chi connectivity index (χ4v) is 3.19. The van der Waals surface area contributed by atoms with Crippen LogP contribution in [0.4, 0.5) is 24.5 Å². The number of nitrogens with zero attached hydrogens (tertiary/aromatic N) is 3. The summed E-state index contributed by atoms with van der Waals surface area (Å²) in [5.74, 6) is -0.419. The summed E-state index contributed by atoms with van der Waals surface area (Å²) in [4.78, 5) is 27.8. The van der Waals surface area contributed by atoms with Gasteiger partial charge in [-0.2, -0.15) is 0 Å². The van der Waals surface area contributed by atoms with E-state index < -0.39 is 22.6 Å². The molecule has 2 aromatic carbocycles. The van der Waals surface area contributed by atoms with E-state index in [9.17, 15) is 28.1 Å². The zero-order chi connectivity index (χ0) is 23.5. The van der Waals surface area contributed by atoms with Crippen molar-refractivity contribution in [3.8, 4) is 11.4 Å². The van der Waals surface area contributed by atoms with E-state index in [1.807, 2.05) is 6.92 Å². The average molecular weight is 448 g/mol. The number of alkyl halides is 3. The molecule has 1 heterocycles. The van der Waals surface area contributed by atoms with Crippen molar-refractivity contribution in [2.75, 3.05) is 0 Å². The van der Waals surface area contributed by atoms with Crippen LogP contribution in [0.5, 0.6) is 5.75 Å². The summed E-state index contributed by atoms with van der Waals surface area (Å²) in [6, 6.07) is 10.6. The Hall–Kier alpha value is -3.89. The number of aryl methyl sites for hydroxylation is 1. The molecule has 3 rings (SSSR count). The lowest BCUT2D eigenvalue weighted by Crippen LogP contribution is -2.19. The van der Waals surface area contributed by atoms with Gasteiger partial charge >= 0.3 is 6.36 Å². The van der Waals surface area contributed by atoms with E-state index in [4.69, 9.17) is 0 Å². The van der Waals surface area contributed by atoms with Crippen molar-refractivity contribution < 1.29 is 22.8 Å². The first-order valence-electron chi connectivity index (χ1n) is 9.59. The topological polar surface area (TPSA) is 103 Å². The first-order valence-corrected chi connectivity index (χ1v) is 9.59. The molecule has 0 aliphatic carbocycles. The van der Waals surface area contributed by atoms with Crippen molar-refractivity contribution in [1.29, 1.82) is 0 Å². The van der Waals surface area contributed by atoms with Crippen LogP contribution in [0.1, 0.15) is 31.5 Å². The van der Waals surface area contributed by atoms with E-state index in [0.29, 0.717) is 23.5 Å². The number of halogens is 3. The number of benzene rings is 2. The van der Waals surface area contributed by atoms with Gasteiger partial charge in [0.25, 0.3) is 11.2 Å². The van der Waals surface area contributed by atoms with Gasteiger partial charge in [0, 0.05) is 23.9 Å². The molecule has 0 unspecified atom stereocenters. The number of nitro benzene ring substituents is 1. The summed E-state index contributed by atoms with van der Waals surface area (Å²) in [6.07, 6.45) is -3.59. The maximum atomic E-state index is 13.1. The van der Waals surface area contributed by atoms with Gasteiger partial charge in [-0.05, 0) is 37.6 Å². The van der Waals surface area contributed by atoms with Gasteiger partial charge in [0.2, 0.25) is 0 Å². The van der Waals surface area contributed by atoms with E-state index in [-0.39, 0.29) is 16.9 Å². The third-order valence-electron chi connectivity index (χ3n) is 4.49. The standard InChI is InChI=1S/C21H19F3N4O4/c1-3-5-18-19(13(2)25-14-6-4-7-17(12-14)32-21(22,23)24)20(29)27(26-18)15-8-10-16(11-9-15)28(30)31/h4,6-12,26H,3,5H2,1-2H3. The highest BCUT2D eigenvalue weighted by atomic mass is 19.4. The van der Waals surface area contributed by atoms with Crippen molar-refractivity contribution in [2.24, 2.45) is 4.99 Å². The Morgan fingerprint density at radius 3 is 2.50 bits per heavy atom. The lowest BCUT2D eigenvalue weighted by molar-refractivity contribution is -0.384. The summed E-state index contributed by atoms with van der Waals surface area (Å²) >= 11 is 0. The van der Waals surface area contributed by atoms with Gasteiger partial charge in [0.1, 0.15) is 5.75 Å². The van der Waals surface area contributed by atoms with Gasteiger partial charge in [0.05, 0.1) is 27.6 Å². The first kappa shape index (κ1) is 22.8. The largest absolute Gasteiger partial charge is 0.573 e. The Labute approximate surface area is 180 Å². The molecule has 0 atom stereocenters. The van der Waals surface area contributed by atoms with Crippen LogP contribution >= 0.6 is 0 Å². The fourth-order valence-electron chi connectivity index (χ4n) is 3.19. The molecular formula is C21H19F3N4O4. The average Bonchev–Trinajstić information content (AvgIpc) is 3.03. The van der Waals surface area contributed by atoms with Gasteiger partial charge in [-0.3, -0.25) is 25.0 Å². The zero-order valence-corrected chi connectivity index (χ0v) is 17.1. The molecule has 168 valence electrons. The maximum Gasteiger partial charge on any atom is 0.573 e. The number of nitrogens with one attached hydrogen (secondary N) is 1. The number of H-pyrrole nitrogens is 1. The second kappa shape index (κ2) is 9.08.